The third kappa shape index (κ3) is 6.98. The first kappa shape index (κ1) is 29.9. The van der Waals surface area contributed by atoms with E-state index in [-0.39, 0.29) is 18.6 Å². The highest BCUT2D eigenvalue weighted by molar-refractivity contribution is 6.41. The van der Waals surface area contributed by atoms with Crippen LogP contribution in [0.25, 0.3) is 11.1 Å². The summed E-state index contributed by atoms with van der Waals surface area (Å²) in [7, 11) is 5.22. The second-order valence-corrected chi connectivity index (χ2v) is 11.2. The van der Waals surface area contributed by atoms with Gasteiger partial charge in [0, 0.05) is 40.6 Å². The topological polar surface area (TPSA) is 88.6 Å². The summed E-state index contributed by atoms with van der Waals surface area (Å²) in [5.74, 6) is 1.64. The third-order valence-corrected chi connectivity index (χ3v) is 8.52. The van der Waals surface area contributed by atoms with Crippen molar-refractivity contribution in [3.63, 3.8) is 0 Å². The van der Waals surface area contributed by atoms with Crippen molar-refractivity contribution in [3.8, 4) is 22.6 Å². The molecule has 6 nitrogen and oxygen atoms in total. The van der Waals surface area contributed by atoms with Gasteiger partial charge in [-0.1, -0.05) is 53.5 Å². The van der Waals surface area contributed by atoms with Crippen molar-refractivity contribution < 1.29 is 14.3 Å². The van der Waals surface area contributed by atoms with Gasteiger partial charge in [0.05, 0.1) is 24.3 Å². The van der Waals surface area contributed by atoms with Gasteiger partial charge in [-0.2, -0.15) is 0 Å². The zero-order valence-electron chi connectivity index (χ0n) is 23.4. The number of hydrogen-bond donors (Lipinski definition) is 2. The molecule has 3 aromatic rings. The van der Waals surface area contributed by atoms with Crippen LogP contribution in [0.15, 0.2) is 48.5 Å². The van der Waals surface area contributed by atoms with Gasteiger partial charge in [-0.05, 0) is 81.4 Å². The molecule has 0 amide bonds. The highest BCUT2D eigenvalue weighted by Crippen LogP contribution is 2.46. The SMILES string of the molecule is COc1cc(OC)c(Cl)c(-c2ccc(C(=N)CCC(=O)c3cccc(CCC4CCN(C)CC4)c3)c(N)c2)c1Cl. The van der Waals surface area contributed by atoms with Crippen molar-refractivity contribution in [2.45, 2.75) is 38.5 Å². The molecule has 0 unspecified atom stereocenters. The number of carbonyl (C=O) groups excluding carboxylic acids is 1. The summed E-state index contributed by atoms with van der Waals surface area (Å²) < 4.78 is 10.7. The van der Waals surface area contributed by atoms with E-state index in [4.69, 9.17) is 43.8 Å². The number of nitrogen functional groups attached to an aromatic ring is 1. The number of methoxy groups -OCH3 is 2. The Labute approximate surface area is 246 Å². The Kier molecular flexibility index (Phi) is 10.1. The Morgan fingerprint density at radius 1 is 1.00 bits per heavy atom. The standard InChI is InChI=1S/C32H37Cl2N3O3/c1-37-15-13-20(14-16-37)7-8-21-5-4-6-22(17-21)27(38)12-11-25(35)24-10-9-23(18-26(24)36)30-31(33)28(39-2)19-29(40-3)32(30)34/h4-6,9-10,17-20,35H,7-8,11-16,36H2,1-3H3. The van der Waals surface area contributed by atoms with E-state index in [0.717, 1.165) is 18.8 Å². The molecule has 212 valence electrons. The fourth-order valence-corrected chi connectivity index (χ4v) is 5.99. The van der Waals surface area contributed by atoms with Crippen molar-refractivity contribution in [2.75, 3.05) is 40.1 Å². The number of Topliss-reactive ketones (excluding diaryl/α,β-unsaturated/α-hetero) is 1. The predicted octanol–water partition coefficient (Wildman–Crippen LogP) is 7.57. The highest BCUT2D eigenvalue weighted by Gasteiger charge is 2.20. The molecule has 3 aromatic carbocycles. The smallest absolute Gasteiger partial charge is 0.163 e. The maximum Gasteiger partial charge on any atom is 0.163 e. The lowest BCUT2D eigenvalue weighted by Crippen LogP contribution is -2.30. The van der Waals surface area contributed by atoms with Crippen molar-refractivity contribution >= 4 is 40.4 Å². The first-order chi connectivity index (χ1) is 19.2. The van der Waals surface area contributed by atoms with Gasteiger partial charge >= 0.3 is 0 Å². The van der Waals surface area contributed by atoms with Crippen molar-refractivity contribution in [1.29, 1.82) is 5.41 Å². The van der Waals surface area contributed by atoms with Crippen molar-refractivity contribution in [2.24, 2.45) is 5.92 Å². The van der Waals surface area contributed by atoms with Crippen LogP contribution in [-0.2, 0) is 6.42 Å². The van der Waals surface area contributed by atoms with Gasteiger partial charge in [0.2, 0.25) is 0 Å². The number of carbonyl (C=O) groups is 1. The lowest BCUT2D eigenvalue weighted by atomic mass is 9.90. The van der Waals surface area contributed by atoms with Crippen LogP contribution in [0, 0.1) is 11.3 Å². The molecule has 3 N–H and O–H groups in total. The number of anilines is 1. The number of benzene rings is 3. The molecule has 0 saturated carbocycles. The molecule has 4 rings (SSSR count). The van der Waals surface area contributed by atoms with E-state index in [1.54, 1.807) is 18.2 Å². The van der Waals surface area contributed by atoms with Gasteiger partial charge in [0.1, 0.15) is 11.5 Å². The van der Waals surface area contributed by atoms with Gasteiger partial charge in [-0.15, -0.1) is 0 Å². The second-order valence-electron chi connectivity index (χ2n) is 10.5. The van der Waals surface area contributed by atoms with Crippen molar-refractivity contribution in [1.82, 2.24) is 4.90 Å². The number of nitrogens with one attached hydrogen (secondary N) is 1. The molecule has 8 heteroatoms. The van der Waals surface area contributed by atoms with Crippen LogP contribution in [0.1, 0.15) is 53.6 Å². The van der Waals surface area contributed by atoms with Gasteiger partial charge in [0.15, 0.2) is 5.78 Å². The summed E-state index contributed by atoms with van der Waals surface area (Å²) in [5, 5.41) is 9.31. The van der Waals surface area contributed by atoms with E-state index in [0.29, 0.717) is 55.2 Å². The number of nitrogens with zero attached hydrogens (tertiary/aromatic N) is 1. The summed E-state index contributed by atoms with van der Waals surface area (Å²) in [6.45, 7) is 2.33. The summed E-state index contributed by atoms with van der Waals surface area (Å²) in [6.07, 6.45) is 5.16. The molecule has 1 fully saturated rings. The molecule has 0 aromatic heterocycles. The first-order valence-corrected chi connectivity index (χ1v) is 14.4. The monoisotopic (exact) mass is 581 g/mol. The predicted molar refractivity (Wildman–Crippen MR) is 165 cm³/mol. The normalized spacial score (nSPS) is 14.2. The molecule has 1 heterocycles. The summed E-state index contributed by atoms with van der Waals surface area (Å²) in [5.41, 5.74) is 10.8. The largest absolute Gasteiger partial charge is 0.495 e. The first-order valence-electron chi connectivity index (χ1n) is 13.6. The van der Waals surface area contributed by atoms with Crippen LogP contribution in [-0.4, -0.2) is 50.8 Å². The summed E-state index contributed by atoms with van der Waals surface area (Å²) in [6, 6.07) is 14.9. The van der Waals surface area contributed by atoms with Gasteiger partial charge in [-0.25, -0.2) is 0 Å². The minimum atomic E-state index is 0.0307. The van der Waals surface area contributed by atoms with Gasteiger partial charge < -0.3 is 25.5 Å². The fourth-order valence-electron chi connectivity index (χ4n) is 5.27. The maximum atomic E-state index is 13.0. The molecule has 40 heavy (non-hydrogen) atoms. The number of nitrogens with two attached hydrogens (primary N) is 1. The quantitative estimate of drug-likeness (QED) is 0.138. The van der Waals surface area contributed by atoms with Crippen molar-refractivity contribution in [3.05, 3.63) is 75.3 Å². The number of ketones is 1. The lowest BCUT2D eigenvalue weighted by molar-refractivity contribution is 0.0984. The molecular formula is C32H37Cl2N3O3. The van der Waals surface area contributed by atoms with E-state index in [2.05, 4.69) is 18.0 Å². The Hall–Kier alpha value is -3.06. The Bertz CT molecular complexity index is 1360. The highest BCUT2D eigenvalue weighted by atomic mass is 35.5. The average molecular weight is 583 g/mol. The molecule has 1 aliphatic heterocycles. The van der Waals surface area contributed by atoms with E-state index in [9.17, 15) is 4.79 Å². The van der Waals surface area contributed by atoms with Crippen LogP contribution >= 0.6 is 23.2 Å². The van der Waals surface area contributed by atoms with Gasteiger partial charge in [0.25, 0.3) is 0 Å². The van der Waals surface area contributed by atoms with Crippen LogP contribution in [0.4, 0.5) is 5.69 Å². The maximum absolute atomic E-state index is 13.0. The number of ether oxygens (including phenoxy) is 2. The molecule has 1 saturated heterocycles. The number of aryl methyl sites for hydroxylation is 1. The molecule has 0 atom stereocenters. The molecule has 1 aliphatic rings. The van der Waals surface area contributed by atoms with Crippen LogP contribution in [0.2, 0.25) is 10.0 Å². The minimum Gasteiger partial charge on any atom is -0.495 e. The fraction of sp³-hybridized carbons (Fsp3) is 0.375. The van der Waals surface area contributed by atoms with Crippen LogP contribution < -0.4 is 15.2 Å². The van der Waals surface area contributed by atoms with Crippen LogP contribution in [0.3, 0.4) is 0 Å². The van der Waals surface area contributed by atoms with Crippen LogP contribution in [0.5, 0.6) is 11.5 Å². The van der Waals surface area contributed by atoms with E-state index >= 15 is 0 Å². The van der Waals surface area contributed by atoms with E-state index < -0.39 is 0 Å². The Morgan fingerprint density at radius 3 is 2.30 bits per heavy atom. The lowest BCUT2D eigenvalue weighted by Gasteiger charge is -2.28. The Balaban J connectivity index is 1.40. The average Bonchev–Trinajstić information content (AvgIpc) is 2.96. The number of halogens is 2. The zero-order chi connectivity index (χ0) is 28.8. The second kappa shape index (κ2) is 13.5. The van der Waals surface area contributed by atoms with Gasteiger partial charge in [-0.3, -0.25) is 4.79 Å². The molecule has 0 aliphatic carbocycles. The number of piperidine rings is 1. The molecule has 0 bridgehead atoms. The number of rotatable bonds is 11. The zero-order valence-corrected chi connectivity index (χ0v) is 24.9. The minimum absolute atomic E-state index is 0.0307. The summed E-state index contributed by atoms with van der Waals surface area (Å²) >= 11 is 13.1. The third-order valence-electron chi connectivity index (χ3n) is 7.77. The van der Waals surface area contributed by atoms with E-state index in [1.165, 1.54) is 45.7 Å². The molecular weight excluding hydrogens is 545 g/mol. The molecule has 0 spiro atoms. The number of likely N-dealkylation sites (tertiary alicyclic amines) is 1. The molecule has 0 radical (unpaired) electrons. The Morgan fingerprint density at radius 2 is 1.68 bits per heavy atom. The van der Waals surface area contributed by atoms with E-state index in [1.807, 2.05) is 24.3 Å². The number of hydrogen-bond acceptors (Lipinski definition) is 6. The summed E-state index contributed by atoms with van der Waals surface area (Å²) in [4.78, 5) is 15.4.